The predicted molar refractivity (Wildman–Crippen MR) is 68.7 cm³/mol. The van der Waals surface area contributed by atoms with Crippen molar-refractivity contribution in [1.82, 2.24) is 4.90 Å². The van der Waals surface area contributed by atoms with Crippen LogP contribution in [0.2, 0.25) is 0 Å². The molecule has 0 aliphatic carbocycles. The smallest absolute Gasteiger partial charge is 0.321 e. The number of carbonyl (C=O) groups is 1. The maximum absolute atomic E-state index is 11.4. The number of hydrogen-bond donors (Lipinski definition) is 2. The third kappa shape index (κ3) is 3.23. The Labute approximate surface area is 107 Å². The third-order valence-corrected chi connectivity index (χ3v) is 3.48. The van der Waals surface area contributed by atoms with Gasteiger partial charge < -0.3 is 10.2 Å². The Kier molecular flexibility index (Phi) is 4.20. The summed E-state index contributed by atoms with van der Waals surface area (Å²) < 4.78 is 0. The number of phenolic OH excluding ortho intramolecular Hbond substituents is 1. The largest absolute Gasteiger partial charge is 0.508 e. The fourth-order valence-electron chi connectivity index (χ4n) is 2.46. The number of rotatable bonds is 4. The average Bonchev–Trinajstić information content (AvgIpc) is 2.38. The lowest BCUT2D eigenvalue weighted by atomic mass is 10.0. The first-order valence-electron chi connectivity index (χ1n) is 6.41. The lowest BCUT2D eigenvalue weighted by Gasteiger charge is -2.32. The molecule has 98 valence electrons. The van der Waals surface area contributed by atoms with E-state index in [1.165, 1.54) is 6.42 Å². The number of hydrogen-bond acceptors (Lipinski definition) is 3. The van der Waals surface area contributed by atoms with Crippen LogP contribution in [0.25, 0.3) is 0 Å². The van der Waals surface area contributed by atoms with Gasteiger partial charge in [0.15, 0.2) is 0 Å². The molecule has 1 saturated heterocycles. The maximum atomic E-state index is 11.4. The second kappa shape index (κ2) is 5.87. The van der Waals surface area contributed by atoms with Gasteiger partial charge in [0.2, 0.25) is 0 Å². The quantitative estimate of drug-likeness (QED) is 0.855. The van der Waals surface area contributed by atoms with E-state index in [0.717, 1.165) is 31.5 Å². The molecule has 0 radical (unpaired) electrons. The summed E-state index contributed by atoms with van der Waals surface area (Å²) in [6, 6.07) is 6.33. The van der Waals surface area contributed by atoms with Gasteiger partial charge in [-0.05, 0) is 50.0 Å². The molecule has 1 atom stereocenters. The molecule has 18 heavy (non-hydrogen) atoms. The van der Waals surface area contributed by atoms with E-state index in [-0.39, 0.29) is 5.75 Å². The molecule has 1 aliphatic rings. The number of likely N-dealkylation sites (tertiary alicyclic amines) is 1. The molecule has 1 aromatic rings. The molecular formula is C14H19NO3. The molecular weight excluding hydrogens is 230 g/mol. The van der Waals surface area contributed by atoms with E-state index < -0.39 is 12.0 Å². The monoisotopic (exact) mass is 249 g/mol. The summed E-state index contributed by atoms with van der Waals surface area (Å²) >= 11 is 0. The Hall–Kier alpha value is -1.55. The molecule has 0 bridgehead atoms. The minimum Gasteiger partial charge on any atom is -0.508 e. The van der Waals surface area contributed by atoms with Gasteiger partial charge in [-0.25, -0.2) is 0 Å². The van der Waals surface area contributed by atoms with E-state index in [4.69, 9.17) is 0 Å². The van der Waals surface area contributed by atoms with Gasteiger partial charge >= 0.3 is 5.97 Å². The van der Waals surface area contributed by atoms with Gasteiger partial charge in [-0.1, -0.05) is 18.6 Å². The van der Waals surface area contributed by atoms with Crippen LogP contribution in [0.5, 0.6) is 5.75 Å². The first kappa shape index (κ1) is 12.9. The van der Waals surface area contributed by atoms with E-state index >= 15 is 0 Å². The molecule has 4 heteroatoms. The second-order valence-electron chi connectivity index (χ2n) is 4.82. The van der Waals surface area contributed by atoms with Gasteiger partial charge in [0.05, 0.1) is 0 Å². The summed E-state index contributed by atoms with van der Waals surface area (Å²) in [6.07, 6.45) is 3.86. The number of phenols is 1. The Morgan fingerprint density at radius 2 is 1.78 bits per heavy atom. The van der Waals surface area contributed by atoms with Gasteiger partial charge in [-0.3, -0.25) is 9.69 Å². The van der Waals surface area contributed by atoms with Gasteiger partial charge in [-0.2, -0.15) is 0 Å². The Bertz CT molecular complexity index is 396. The van der Waals surface area contributed by atoms with E-state index in [9.17, 15) is 15.0 Å². The zero-order valence-electron chi connectivity index (χ0n) is 10.4. The lowest BCUT2D eigenvalue weighted by molar-refractivity contribution is -0.143. The van der Waals surface area contributed by atoms with Crippen molar-refractivity contribution in [3.05, 3.63) is 29.8 Å². The van der Waals surface area contributed by atoms with E-state index in [0.29, 0.717) is 6.42 Å². The number of carboxylic acids is 1. The number of aliphatic carboxylic acids is 1. The standard InChI is InChI=1S/C14H19NO3/c16-12-6-4-11(5-7-12)10-13(14(17)18)15-8-2-1-3-9-15/h4-7,13,16H,1-3,8-10H2,(H,17,18). The van der Waals surface area contributed by atoms with Crippen LogP contribution in [0.3, 0.4) is 0 Å². The van der Waals surface area contributed by atoms with E-state index in [2.05, 4.69) is 4.90 Å². The van der Waals surface area contributed by atoms with Crippen molar-refractivity contribution in [3.8, 4) is 5.75 Å². The van der Waals surface area contributed by atoms with Crippen LogP contribution in [0, 0.1) is 0 Å². The molecule has 0 amide bonds. The first-order chi connectivity index (χ1) is 8.66. The normalized spacial score (nSPS) is 18.4. The van der Waals surface area contributed by atoms with Crippen molar-refractivity contribution >= 4 is 5.97 Å². The highest BCUT2D eigenvalue weighted by Crippen LogP contribution is 2.17. The van der Waals surface area contributed by atoms with Crippen molar-refractivity contribution < 1.29 is 15.0 Å². The number of carboxylic acid groups (broad SMARTS) is 1. The van der Waals surface area contributed by atoms with Gasteiger partial charge in [0, 0.05) is 0 Å². The molecule has 0 saturated carbocycles. The van der Waals surface area contributed by atoms with Crippen LogP contribution >= 0.6 is 0 Å². The molecule has 1 heterocycles. The van der Waals surface area contributed by atoms with Gasteiger partial charge in [0.25, 0.3) is 0 Å². The van der Waals surface area contributed by atoms with E-state index in [1.54, 1.807) is 24.3 Å². The molecule has 0 spiro atoms. The summed E-state index contributed by atoms with van der Waals surface area (Å²) in [6.45, 7) is 1.74. The Morgan fingerprint density at radius 1 is 1.17 bits per heavy atom. The minimum atomic E-state index is -0.759. The molecule has 1 fully saturated rings. The summed E-state index contributed by atoms with van der Waals surface area (Å²) in [4.78, 5) is 13.4. The zero-order valence-corrected chi connectivity index (χ0v) is 10.4. The molecule has 0 aromatic heterocycles. The maximum Gasteiger partial charge on any atom is 0.321 e. The van der Waals surface area contributed by atoms with Crippen LogP contribution < -0.4 is 0 Å². The fraction of sp³-hybridized carbons (Fsp3) is 0.500. The summed E-state index contributed by atoms with van der Waals surface area (Å²) in [5.74, 6) is -0.548. The SMILES string of the molecule is O=C(O)C(Cc1ccc(O)cc1)N1CCCCC1. The van der Waals surface area contributed by atoms with Crippen molar-refractivity contribution in [2.24, 2.45) is 0 Å². The van der Waals surface area contributed by atoms with Crippen LogP contribution in [-0.2, 0) is 11.2 Å². The molecule has 2 rings (SSSR count). The molecule has 1 unspecified atom stereocenters. The highest BCUT2D eigenvalue weighted by atomic mass is 16.4. The number of aromatic hydroxyl groups is 1. The highest BCUT2D eigenvalue weighted by Gasteiger charge is 2.26. The predicted octanol–water partition coefficient (Wildman–Crippen LogP) is 1.87. The summed E-state index contributed by atoms with van der Waals surface area (Å²) in [7, 11) is 0. The molecule has 1 aliphatic heterocycles. The Morgan fingerprint density at radius 3 is 2.33 bits per heavy atom. The molecule has 1 aromatic carbocycles. The van der Waals surface area contributed by atoms with Gasteiger partial charge in [0.1, 0.15) is 11.8 Å². The summed E-state index contributed by atoms with van der Waals surface area (Å²) in [5, 5.41) is 18.6. The lowest BCUT2D eigenvalue weighted by Crippen LogP contribution is -2.45. The fourth-order valence-corrected chi connectivity index (χ4v) is 2.46. The zero-order chi connectivity index (χ0) is 13.0. The number of benzene rings is 1. The van der Waals surface area contributed by atoms with Crippen molar-refractivity contribution in [2.75, 3.05) is 13.1 Å². The average molecular weight is 249 g/mol. The molecule has 2 N–H and O–H groups in total. The Balaban J connectivity index is 2.05. The van der Waals surface area contributed by atoms with Crippen LogP contribution in [0.1, 0.15) is 24.8 Å². The summed E-state index contributed by atoms with van der Waals surface area (Å²) in [5.41, 5.74) is 0.950. The van der Waals surface area contributed by atoms with Crippen molar-refractivity contribution in [3.63, 3.8) is 0 Å². The van der Waals surface area contributed by atoms with Crippen LogP contribution in [-0.4, -0.2) is 40.2 Å². The van der Waals surface area contributed by atoms with Crippen molar-refractivity contribution in [1.29, 1.82) is 0 Å². The topological polar surface area (TPSA) is 60.8 Å². The van der Waals surface area contributed by atoms with Crippen LogP contribution in [0.4, 0.5) is 0 Å². The van der Waals surface area contributed by atoms with Gasteiger partial charge in [-0.15, -0.1) is 0 Å². The third-order valence-electron chi connectivity index (χ3n) is 3.48. The second-order valence-corrected chi connectivity index (χ2v) is 4.82. The number of nitrogens with zero attached hydrogens (tertiary/aromatic N) is 1. The van der Waals surface area contributed by atoms with Crippen LogP contribution in [0.15, 0.2) is 24.3 Å². The van der Waals surface area contributed by atoms with Crippen molar-refractivity contribution in [2.45, 2.75) is 31.7 Å². The highest BCUT2D eigenvalue weighted by molar-refractivity contribution is 5.74. The number of piperidine rings is 1. The minimum absolute atomic E-state index is 0.212. The molecule has 4 nitrogen and oxygen atoms in total. The van der Waals surface area contributed by atoms with E-state index in [1.807, 2.05) is 0 Å². The first-order valence-corrected chi connectivity index (χ1v) is 6.41.